The highest BCUT2D eigenvalue weighted by molar-refractivity contribution is 5.10. The van der Waals surface area contributed by atoms with Crippen molar-refractivity contribution in [3.63, 3.8) is 0 Å². The predicted molar refractivity (Wildman–Crippen MR) is 170 cm³/mol. The molecule has 0 aromatic heterocycles. The molecule has 1 N–H and O–H groups in total. The van der Waals surface area contributed by atoms with Crippen LogP contribution in [0.5, 0.6) is 0 Å². The molecule has 6 saturated carbocycles. The van der Waals surface area contributed by atoms with Gasteiger partial charge in [-0.2, -0.15) is 0 Å². The highest BCUT2D eigenvalue weighted by atomic mass is 16.5. The van der Waals surface area contributed by atoms with E-state index in [1.807, 2.05) is 0 Å². The first kappa shape index (κ1) is 28.4. The molecular formula is C39H65NO. The van der Waals surface area contributed by atoms with E-state index in [0.717, 1.165) is 71.3 Å². The van der Waals surface area contributed by atoms with Gasteiger partial charge in [0.2, 0.25) is 0 Å². The lowest BCUT2D eigenvalue weighted by molar-refractivity contribution is -0.0978. The fraction of sp³-hybridized carbons (Fsp3) is 1.00. The molecule has 0 bridgehead atoms. The third-order valence-corrected chi connectivity index (χ3v) is 15.5. The second-order valence-electron chi connectivity index (χ2n) is 17.4. The topological polar surface area (TPSA) is 21.3 Å². The first-order valence-corrected chi connectivity index (χ1v) is 19.7. The molecule has 0 radical (unpaired) electrons. The number of rotatable bonds is 6. The third-order valence-electron chi connectivity index (χ3n) is 15.5. The molecule has 2 saturated heterocycles. The third kappa shape index (κ3) is 5.75. The van der Waals surface area contributed by atoms with Crippen molar-refractivity contribution >= 4 is 0 Å². The van der Waals surface area contributed by atoms with Gasteiger partial charge in [0.05, 0.1) is 12.2 Å². The molecule has 0 aromatic rings. The van der Waals surface area contributed by atoms with Gasteiger partial charge in [0.1, 0.15) is 0 Å². The number of hydrogen-bond donors (Lipinski definition) is 1. The first-order valence-electron chi connectivity index (χ1n) is 19.7. The maximum absolute atomic E-state index is 7.12. The Kier molecular flexibility index (Phi) is 8.82. The fourth-order valence-corrected chi connectivity index (χ4v) is 13.5. The Labute approximate surface area is 253 Å². The van der Waals surface area contributed by atoms with Gasteiger partial charge < -0.3 is 10.1 Å². The maximum Gasteiger partial charge on any atom is 0.0645 e. The van der Waals surface area contributed by atoms with Crippen LogP contribution in [0, 0.1) is 59.2 Å². The van der Waals surface area contributed by atoms with E-state index in [9.17, 15) is 0 Å². The van der Waals surface area contributed by atoms with Crippen LogP contribution in [0.1, 0.15) is 161 Å². The average molecular weight is 564 g/mol. The summed E-state index contributed by atoms with van der Waals surface area (Å²) < 4.78 is 7.12. The molecule has 8 aliphatic rings. The van der Waals surface area contributed by atoms with Crippen molar-refractivity contribution in [1.82, 2.24) is 5.32 Å². The largest absolute Gasteiger partial charge is 0.374 e. The van der Waals surface area contributed by atoms with Gasteiger partial charge in [0, 0.05) is 12.1 Å². The molecular weight excluding hydrogens is 498 g/mol. The Hall–Kier alpha value is -0.0800. The summed E-state index contributed by atoms with van der Waals surface area (Å²) in [5.74, 6) is 9.83. The van der Waals surface area contributed by atoms with Crippen molar-refractivity contribution in [3.05, 3.63) is 0 Å². The second-order valence-corrected chi connectivity index (χ2v) is 17.4. The van der Waals surface area contributed by atoms with Crippen LogP contribution < -0.4 is 5.32 Å². The zero-order valence-electron chi connectivity index (χ0n) is 26.7. The van der Waals surface area contributed by atoms with Crippen molar-refractivity contribution in [2.24, 2.45) is 59.2 Å². The normalized spacial score (nSPS) is 50.5. The van der Waals surface area contributed by atoms with Crippen LogP contribution in [0.25, 0.3) is 0 Å². The average Bonchev–Trinajstić information content (AvgIpc) is 3.66. The van der Waals surface area contributed by atoms with E-state index in [-0.39, 0.29) is 0 Å². The summed E-state index contributed by atoms with van der Waals surface area (Å²) in [5.41, 5.74) is 0. The lowest BCUT2D eigenvalue weighted by Crippen LogP contribution is -2.62. The molecule has 2 nitrogen and oxygen atoms in total. The maximum atomic E-state index is 7.12. The van der Waals surface area contributed by atoms with Gasteiger partial charge in [0.25, 0.3) is 0 Å². The zero-order chi connectivity index (χ0) is 27.2. The quantitative estimate of drug-likeness (QED) is 0.347. The van der Waals surface area contributed by atoms with Crippen molar-refractivity contribution in [2.75, 3.05) is 0 Å². The Morgan fingerprint density at radius 1 is 0.463 bits per heavy atom. The van der Waals surface area contributed by atoms with E-state index < -0.39 is 0 Å². The molecule has 0 aromatic carbocycles. The molecule has 2 heterocycles. The van der Waals surface area contributed by atoms with E-state index in [0.29, 0.717) is 12.2 Å². The van der Waals surface area contributed by atoms with E-state index >= 15 is 0 Å². The van der Waals surface area contributed by atoms with Gasteiger partial charge in [-0.3, -0.25) is 0 Å². The molecule has 8 fully saturated rings. The summed E-state index contributed by atoms with van der Waals surface area (Å²) >= 11 is 0. The van der Waals surface area contributed by atoms with Crippen molar-refractivity contribution in [3.8, 4) is 0 Å². The standard InChI is InChI=1S/C39H65NO/c1-2-8-26(9-3-1)10-6-11-27-16-18-28(19-17-27)29-20-22-30(23-21-29)38-34-25-24-32-31-12-4-5-15-36(31)41-39(32)37(34)33-13-7-14-35(33)40-38/h26-40H,1-25H2. The van der Waals surface area contributed by atoms with Crippen LogP contribution in [-0.4, -0.2) is 24.3 Å². The van der Waals surface area contributed by atoms with Crippen LogP contribution in [0.3, 0.4) is 0 Å². The molecule has 41 heavy (non-hydrogen) atoms. The van der Waals surface area contributed by atoms with Crippen LogP contribution in [-0.2, 0) is 4.74 Å². The lowest BCUT2D eigenvalue weighted by atomic mass is 9.56. The number of nitrogens with one attached hydrogen (secondary N) is 1. The second kappa shape index (κ2) is 12.7. The van der Waals surface area contributed by atoms with E-state index in [2.05, 4.69) is 5.32 Å². The SMILES string of the molecule is C1CCC(CCCC2CCC(C3CCC(C4NC5CCCC5C5C4CCC4C6CCCCC6OC45)CC3)CC2)CC1. The first-order chi connectivity index (χ1) is 20.3. The number of hydrogen-bond acceptors (Lipinski definition) is 2. The van der Waals surface area contributed by atoms with Crippen molar-refractivity contribution in [1.29, 1.82) is 0 Å². The van der Waals surface area contributed by atoms with Crippen LogP contribution >= 0.6 is 0 Å². The Morgan fingerprint density at radius 3 is 1.90 bits per heavy atom. The molecule has 2 aliphatic heterocycles. The molecule has 9 unspecified atom stereocenters. The van der Waals surface area contributed by atoms with Crippen LogP contribution in [0.15, 0.2) is 0 Å². The van der Waals surface area contributed by atoms with E-state index in [1.54, 1.807) is 64.2 Å². The molecule has 6 aliphatic carbocycles. The summed E-state index contributed by atoms with van der Waals surface area (Å²) in [4.78, 5) is 0. The van der Waals surface area contributed by atoms with Gasteiger partial charge >= 0.3 is 0 Å². The number of piperidine rings is 1. The van der Waals surface area contributed by atoms with Gasteiger partial charge in [-0.05, 0) is 136 Å². The Bertz CT molecular complexity index is 835. The summed E-state index contributed by atoms with van der Waals surface area (Å²) in [6.07, 6.45) is 39.2. The summed E-state index contributed by atoms with van der Waals surface area (Å²) in [7, 11) is 0. The Balaban J connectivity index is 0.839. The molecule has 232 valence electrons. The molecule has 0 amide bonds. The smallest absolute Gasteiger partial charge is 0.0645 e. The zero-order valence-corrected chi connectivity index (χ0v) is 26.7. The van der Waals surface area contributed by atoms with E-state index in [4.69, 9.17) is 4.74 Å². The van der Waals surface area contributed by atoms with Gasteiger partial charge in [0.15, 0.2) is 0 Å². The minimum Gasteiger partial charge on any atom is -0.374 e. The predicted octanol–water partition coefficient (Wildman–Crippen LogP) is 10.1. The fourth-order valence-electron chi connectivity index (χ4n) is 13.5. The lowest BCUT2D eigenvalue weighted by Gasteiger charge is -2.55. The van der Waals surface area contributed by atoms with Crippen molar-refractivity contribution < 1.29 is 4.74 Å². The Morgan fingerprint density at radius 2 is 1.10 bits per heavy atom. The van der Waals surface area contributed by atoms with Crippen molar-refractivity contribution in [2.45, 2.75) is 185 Å². The summed E-state index contributed by atoms with van der Waals surface area (Å²) in [5, 5.41) is 4.41. The highest BCUT2D eigenvalue weighted by Crippen LogP contribution is 2.58. The van der Waals surface area contributed by atoms with Gasteiger partial charge in [-0.25, -0.2) is 0 Å². The molecule has 0 spiro atoms. The summed E-state index contributed by atoms with van der Waals surface area (Å²) in [6.45, 7) is 0. The number of fused-ring (bicyclic) bond motifs is 7. The monoisotopic (exact) mass is 564 g/mol. The van der Waals surface area contributed by atoms with Crippen LogP contribution in [0.2, 0.25) is 0 Å². The molecule has 8 rings (SSSR count). The van der Waals surface area contributed by atoms with Crippen LogP contribution in [0.4, 0.5) is 0 Å². The minimum absolute atomic E-state index is 0.631. The van der Waals surface area contributed by atoms with Gasteiger partial charge in [-0.15, -0.1) is 0 Å². The number of ether oxygens (including phenoxy) is 1. The van der Waals surface area contributed by atoms with Gasteiger partial charge in [-0.1, -0.05) is 83.5 Å². The van der Waals surface area contributed by atoms with E-state index in [1.165, 1.54) is 96.3 Å². The molecule has 9 atom stereocenters. The highest BCUT2D eigenvalue weighted by Gasteiger charge is 2.59. The molecule has 2 heteroatoms. The minimum atomic E-state index is 0.631. The summed E-state index contributed by atoms with van der Waals surface area (Å²) in [6, 6.07) is 1.63.